The monoisotopic (exact) mass is 293 g/mol. The first kappa shape index (κ1) is 15.0. The highest BCUT2D eigenvalue weighted by Crippen LogP contribution is 2.21. The van der Waals surface area contributed by atoms with Gasteiger partial charge in [0.15, 0.2) is 11.0 Å². The van der Waals surface area contributed by atoms with Crippen molar-refractivity contribution in [2.75, 3.05) is 57.6 Å². The summed E-state index contributed by atoms with van der Waals surface area (Å²) in [6.07, 6.45) is 3.55. The number of aromatic nitrogens is 2. The molecule has 20 heavy (non-hydrogen) atoms. The second-order valence-electron chi connectivity index (χ2n) is 4.53. The van der Waals surface area contributed by atoms with Gasteiger partial charge in [-0.3, -0.25) is 4.90 Å². The number of ether oxygens (including phenoxy) is 1. The first-order chi connectivity index (χ1) is 9.78. The zero-order chi connectivity index (χ0) is 14.4. The van der Waals surface area contributed by atoms with Gasteiger partial charge in [0.25, 0.3) is 0 Å². The molecular formula is C13H19N5OS. The van der Waals surface area contributed by atoms with Crippen LogP contribution in [0.5, 0.6) is 0 Å². The maximum Gasteiger partial charge on any atom is 0.189 e. The van der Waals surface area contributed by atoms with Crippen molar-refractivity contribution in [2.24, 2.45) is 0 Å². The lowest BCUT2D eigenvalue weighted by atomic mass is 10.2. The molecule has 7 heteroatoms. The molecule has 1 aromatic heterocycles. The van der Waals surface area contributed by atoms with Crippen molar-refractivity contribution < 1.29 is 4.74 Å². The quantitative estimate of drug-likeness (QED) is 0.588. The van der Waals surface area contributed by atoms with E-state index in [-0.39, 0.29) is 0 Å². The predicted molar refractivity (Wildman–Crippen MR) is 79.1 cm³/mol. The molecule has 0 radical (unpaired) electrons. The topological polar surface area (TPSA) is 65.3 Å². The number of nitrogens with zero attached hydrogens (tertiary/aromatic N) is 5. The summed E-state index contributed by atoms with van der Waals surface area (Å²) in [6.45, 7) is 5.40. The summed E-state index contributed by atoms with van der Waals surface area (Å²) in [4.78, 5) is 13.2. The number of nitriles is 1. The highest BCUT2D eigenvalue weighted by molar-refractivity contribution is 7.98. The lowest BCUT2D eigenvalue weighted by Gasteiger charge is -2.35. The Bertz CT molecular complexity index is 482. The maximum atomic E-state index is 9.19. The van der Waals surface area contributed by atoms with Crippen LogP contribution in [0.4, 0.5) is 5.82 Å². The van der Waals surface area contributed by atoms with Crippen molar-refractivity contribution in [2.45, 2.75) is 5.16 Å². The van der Waals surface area contributed by atoms with Gasteiger partial charge in [0.2, 0.25) is 0 Å². The molecule has 108 valence electrons. The summed E-state index contributed by atoms with van der Waals surface area (Å²) in [6, 6.07) is 2.18. The second kappa shape index (κ2) is 7.43. The molecule has 0 atom stereocenters. The van der Waals surface area contributed by atoms with E-state index in [4.69, 9.17) is 4.74 Å². The second-order valence-corrected chi connectivity index (χ2v) is 5.30. The Balaban J connectivity index is 2.04. The van der Waals surface area contributed by atoms with Gasteiger partial charge in [0, 0.05) is 39.8 Å². The van der Waals surface area contributed by atoms with E-state index >= 15 is 0 Å². The number of hydrogen-bond acceptors (Lipinski definition) is 7. The van der Waals surface area contributed by atoms with Gasteiger partial charge < -0.3 is 9.64 Å². The molecular weight excluding hydrogens is 274 g/mol. The Morgan fingerprint density at radius 1 is 1.40 bits per heavy atom. The van der Waals surface area contributed by atoms with E-state index in [1.807, 2.05) is 6.26 Å². The molecule has 2 heterocycles. The summed E-state index contributed by atoms with van der Waals surface area (Å²) < 4.78 is 5.10. The van der Waals surface area contributed by atoms with E-state index in [0.717, 1.165) is 45.1 Å². The van der Waals surface area contributed by atoms with E-state index in [1.54, 1.807) is 13.3 Å². The van der Waals surface area contributed by atoms with Gasteiger partial charge in [0.1, 0.15) is 11.6 Å². The van der Waals surface area contributed by atoms with E-state index < -0.39 is 0 Å². The molecule has 0 unspecified atom stereocenters. The van der Waals surface area contributed by atoms with Gasteiger partial charge in [-0.1, -0.05) is 11.8 Å². The number of hydrogen-bond donors (Lipinski definition) is 0. The third-order valence-corrected chi connectivity index (χ3v) is 3.89. The molecule has 2 rings (SSSR count). The summed E-state index contributed by atoms with van der Waals surface area (Å²) >= 11 is 1.49. The van der Waals surface area contributed by atoms with Crippen molar-refractivity contribution in [1.82, 2.24) is 14.9 Å². The minimum atomic E-state index is 0.549. The van der Waals surface area contributed by atoms with Crippen LogP contribution in [-0.4, -0.2) is 67.6 Å². The molecule has 0 N–H and O–H groups in total. The van der Waals surface area contributed by atoms with Crippen LogP contribution >= 0.6 is 11.8 Å². The molecule has 0 saturated carbocycles. The first-order valence-electron chi connectivity index (χ1n) is 6.56. The van der Waals surface area contributed by atoms with Gasteiger partial charge in [0.05, 0.1) is 12.8 Å². The number of methoxy groups -OCH3 is 1. The Morgan fingerprint density at radius 2 is 2.15 bits per heavy atom. The van der Waals surface area contributed by atoms with Crippen molar-refractivity contribution in [1.29, 1.82) is 5.26 Å². The fraction of sp³-hybridized carbons (Fsp3) is 0.615. The first-order valence-corrected chi connectivity index (χ1v) is 7.78. The molecule has 1 aliphatic heterocycles. The molecule has 6 nitrogen and oxygen atoms in total. The third-order valence-electron chi connectivity index (χ3n) is 3.33. The molecule has 1 fully saturated rings. The average Bonchev–Trinajstić information content (AvgIpc) is 2.52. The summed E-state index contributed by atoms with van der Waals surface area (Å²) in [5.74, 6) is 0.762. The molecule has 0 bridgehead atoms. The van der Waals surface area contributed by atoms with E-state index in [1.165, 1.54) is 11.8 Å². The van der Waals surface area contributed by atoms with E-state index in [0.29, 0.717) is 10.7 Å². The Kier molecular flexibility index (Phi) is 5.59. The number of anilines is 1. The van der Waals surface area contributed by atoms with Crippen molar-refractivity contribution in [3.63, 3.8) is 0 Å². The van der Waals surface area contributed by atoms with Gasteiger partial charge in [-0.15, -0.1) is 0 Å². The summed E-state index contributed by atoms with van der Waals surface area (Å²) in [5.41, 5.74) is 0.549. The Hall–Kier alpha value is -1.36. The largest absolute Gasteiger partial charge is 0.383 e. The van der Waals surface area contributed by atoms with Gasteiger partial charge in [-0.05, 0) is 6.26 Å². The van der Waals surface area contributed by atoms with Crippen LogP contribution in [0.2, 0.25) is 0 Å². The molecule has 0 aliphatic carbocycles. The lowest BCUT2D eigenvalue weighted by molar-refractivity contribution is 0.144. The van der Waals surface area contributed by atoms with Crippen LogP contribution in [0, 0.1) is 11.3 Å². The average molecular weight is 293 g/mol. The minimum Gasteiger partial charge on any atom is -0.383 e. The fourth-order valence-electron chi connectivity index (χ4n) is 2.18. The SMILES string of the molecule is COCCN1CCN(c2nc(SC)ncc2C#N)CC1. The number of thioether (sulfide) groups is 1. The molecule has 0 spiro atoms. The van der Waals surface area contributed by atoms with Crippen LogP contribution in [0.25, 0.3) is 0 Å². The summed E-state index contributed by atoms with van der Waals surface area (Å²) in [7, 11) is 1.72. The van der Waals surface area contributed by atoms with Gasteiger partial charge in [-0.2, -0.15) is 5.26 Å². The standard InChI is InChI=1S/C13H19N5OS/c1-19-8-7-17-3-5-18(6-4-17)12-11(9-14)10-15-13(16-12)20-2/h10H,3-8H2,1-2H3. The lowest BCUT2D eigenvalue weighted by Crippen LogP contribution is -2.47. The molecule has 0 amide bonds. The van der Waals surface area contributed by atoms with Gasteiger partial charge >= 0.3 is 0 Å². The van der Waals surface area contributed by atoms with Crippen molar-refractivity contribution in [3.05, 3.63) is 11.8 Å². The highest BCUT2D eigenvalue weighted by Gasteiger charge is 2.20. The van der Waals surface area contributed by atoms with Crippen LogP contribution < -0.4 is 4.90 Å². The third kappa shape index (κ3) is 3.60. The van der Waals surface area contributed by atoms with Crippen LogP contribution in [-0.2, 0) is 4.74 Å². The highest BCUT2D eigenvalue weighted by atomic mass is 32.2. The van der Waals surface area contributed by atoms with Crippen molar-refractivity contribution >= 4 is 17.6 Å². The van der Waals surface area contributed by atoms with Crippen LogP contribution in [0.15, 0.2) is 11.4 Å². The Morgan fingerprint density at radius 3 is 2.75 bits per heavy atom. The molecule has 0 aromatic carbocycles. The minimum absolute atomic E-state index is 0.549. The number of rotatable bonds is 5. The fourth-order valence-corrected chi connectivity index (χ4v) is 2.52. The normalized spacial score (nSPS) is 16.1. The Labute approximate surface area is 123 Å². The van der Waals surface area contributed by atoms with Crippen LogP contribution in [0.1, 0.15) is 5.56 Å². The maximum absolute atomic E-state index is 9.19. The number of piperazine rings is 1. The van der Waals surface area contributed by atoms with E-state index in [2.05, 4.69) is 25.8 Å². The predicted octanol–water partition coefficient (Wildman–Crippen LogP) is 0.839. The summed E-state index contributed by atoms with van der Waals surface area (Å²) in [5, 5.41) is 9.90. The van der Waals surface area contributed by atoms with Crippen molar-refractivity contribution in [3.8, 4) is 6.07 Å². The van der Waals surface area contributed by atoms with Crippen LogP contribution in [0.3, 0.4) is 0 Å². The molecule has 1 saturated heterocycles. The van der Waals surface area contributed by atoms with E-state index in [9.17, 15) is 5.26 Å². The zero-order valence-corrected chi connectivity index (χ0v) is 12.7. The molecule has 1 aromatic rings. The zero-order valence-electron chi connectivity index (χ0n) is 11.9. The molecule has 1 aliphatic rings. The van der Waals surface area contributed by atoms with Gasteiger partial charge in [-0.25, -0.2) is 9.97 Å². The smallest absolute Gasteiger partial charge is 0.189 e.